The minimum atomic E-state index is -0.272. The van der Waals surface area contributed by atoms with Crippen LogP contribution in [0.3, 0.4) is 0 Å². The van der Waals surface area contributed by atoms with Gasteiger partial charge in [-0.15, -0.1) is 12.4 Å². The molecule has 13 heavy (non-hydrogen) atoms. The maximum absolute atomic E-state index is 10.8. The van der Waals surface area contributed by atoms with Crippen molar-refractivity contribution >= 4 is 42.7 Å². The van der Waals surface area contributed by atoms with E-state index in [1.54, 1.807) is 11.8 Å². The van der Waals surface area contributed by atoms with Crippen LogP contribution in [-0.4, -0.2) is 36.3 Å². The molecule has 3 N–H and O–H groups in total. The monoisotopic (exact) mass is 244 g/mol. The number of carbonyl (C=O) groups excluding carboxylic acids is 1. The van der Waals surface area contributed by atoms with Crippen LogP contribution in [0.2, 0.25) is 0 Å². The quantitative estimate of drug-likeness (QED) is 0.573. The first kappa shape index (κ1) is 15.9. The molecule has 0 radical (unpaired) electrons. The minimum absolute atomic E-state index is 0. The lowest BCUT2D eigenvalue weighted by Gasteiger charge is -2.13. The average molecular weight is 245 g/mol. The zero-order chi connectivity index (χ0) is 9.40. The van der Waals surface area contributed by atoms with Gasteiger partial charge in [-0.1, -0.05) is 0 Å². The van der Waals surface area contributed by atoms with Crippen LogP contribution in [0.5, 0.6) is 0 Å². The number of carbonyl (C=O) groups is 1. The van der Waals surface area contributed by atoms with E-state index in [1.165, 1.54) is 0 Å². The van der Waals surface area contributed by atoms with E-state index in [1.807, 2.05) is 6.26 Å². The Hall–Kier alpha value is 0.420. The van der Waals surface area contributed by atoms with Crippen LogP contribution in [0.25, 0.3) is 0 Å². The smallest absolute Gasteiger partial charge is 0.234 e. The lowest BCUT2D eigenvalue weighted by Crippen LogP contribution is -2.42. The zero-order valence-electron chi connectivity index (χ0n) is 7.66. The van der Waals surface area contributed by atoms with E-state index >= 15 is 0 Å². The first-order valence-electron chi connectivity index (χ1n) is 3.85. The number of rotatable bonds is 7. The van der Waals surface area contributed by atoms with Gasteiger partial charge in [0, 0.05) is 12.3 Å². The van der Waals surface area contributed by atoms with Gasteiger partial charge in [0.1, 0.15) is 0 Å². The number of nitrogens with two attached hydrogens (primary N) is 1. The molecule has 6 heteroatoms. The van der Waals surface area contributed by atoms with E-state index in [9.17, 15) is 4.79 Å². The van der Waals surface area contributed by atoms with Gasteiger partial charge >= 0.3 is 0 Å². The van der Waals surface area contributed by atoms with E-state index in [0.29, 0.717) is 0 Å². The Morgan fingerprint density at radius 1 is 1.69 bits per heavy atom. The second kappa shape index (κ2) is 10.5. The van der Waals surface area contributed by atoms with E-state index < -0.39 is 0 Å². The highest BCUT2D eigenvalue weighted by Crippen LogP contribution is 1.99. The topological polar surface area (TPSA) is 55.1 Å². The standard InChI is InChI=1S/C7H16N2OS2.ClH/c1-12-5-2-6(7(8)10)9-3-4-11;/h6,9,11H,2-5H2,1H3,(H2,8,10);1H. The second-order valence-corrected chi connectivity index (χ2v) is 3.85. The van der Waals surface area contributed by atoms with Crippen LogP contribution >= 0.6 is 36.8 Å². The Bertz CT molecular complexity index is 130. The number of thioether (sulfide) groups is 1. The number of hydrogen-bond acceptors (Lipinski definition) is 4. The predicted molar refractivity (Wildman–Crippen MR) is 65.1 cm³/mol. The van der Waals surface area contributed by atoms with Crippen molar-refractivity contribution in [3.05, 3.63) is 0 Å². The van der Waals surface area contributed by atoms with Crippen molar-refractivity contribution in [1.82, 2.24) is 5.32 Å². The molecule has 1 unspecified atom stereocenters. The minimum Gasteiger partial charge on any atom is -0.368 e. The summed E-state index contributed by atoms with van der Waals surface area (Å²) in [5.74, 6) is 1.40. The van der Waals surface area contributed by atoms with Crippen LogP contribution in [-0.2, 0) is 4.79 Å². The number of amides is 1. The number of thiol groups is 1. The maximum atomic E-state index is 10.8. The molecule has 0 aliphatic heterocycles. The van der Waals surface area contributed by atoms with Gasteiger partial charge in [0.2, 0.25) is 5.91 Å². The molecule has 0 aromatic rings. The first-order chi connectivity index (χ1) is 5.72. The van der Waals surface area contributed by atoms with Gasteiger partial charge < -0.3 is 11.1 Å². The molecule has 3 nitrogen and oxygen atoms in total. The Morgan fingerprint density at radius 3 is 2.69 bits per heavy atom. The van der Waals surface area contributed by atoms with Gasteiger partial charge in [-0.25, -0.2) is 0 Å². The van der Waals surface area contributed by atoms with E-state index in [-0.39, 0.29) is 24.4 Å². The normalized spacial score (nSPS) is 11.8. The number of nitrogens with one attached hydrogen (secondary N) is 1. The van der Waals surface area contributed by atoms with Crippen molar-refractivity contribution in [2.45, 2.75) is 12.5 Å². The molecular formula is C7H17ClN2OS2. The fourth-order valence-corrected chi connectivity index (χ4v) is 1.42. The van der Waals surface area contributed by atoms with Crippen LogP contribution < -0.4 is 11.1 Å². The fraction of sp³-hybridized carbons (Fsp3) is 0.857. The highest BCUT2D eigenvalue weighted by molar-refractivity contribution is 7.98. The van der Waals surface area contributed by atoms with Crippen LogP contribution in [0, 0.1) is 0 Å². The van der Waals surface area contributed by atoms with E-state index in [4.69, 9.17) is 5.73 Å². The lowest BCUT2D eigenvalue weighted by atomic mass is 10.2. The molecule has 0 saturated carbocycles. The average Bonchev–Trinajstić information content (AvgIpc) is 2.04. The van der Waals surface area contributed by atoms with E-state index in [0.717, 1.165) is 24.5 Å². The summed E-state index contributed by atoms with van der Waals surface area (Å²) in [4.78, 5) is 10.8. The van der Waals surface area contributed by atoms with Crippen LogP contribution in [0.4, 0.5) is 0 Å². The summed E-state index contributed by atoms with van der Waals surface area (Å²) in [6.07, 6.45) is 2.81. The molecule has 0 aromatic heterocycles. The van der Waals surface area contributed by atoms with E-state index in [2.05, 4.69) is 17.9 Å². The summed E-state index contributed by atoms with van der Waals surface area (Å²) in [5.41, 5.74) is 5.18. The molecule has 0 fully saturated rings. The number of halogens is 1. The van der Waals surface area contributed by atoms with Crippen LogP contribution in [0.1, 0.15) is 6.42 Å². The number of hydrogen-bond donors (Lipinski definition) is 3. The van der Waals surface area contributed by atoms with Gasteiger partial charge in [0.05, 0.1) is 6.04 Å². The predicted octanol–water partition coefficient (Wildman–Crippen LogP) is 0.535. The Labute approximate surface area is 95.4 Å². The van der Waals surface area contributed by atoms with Gasteiger partial charge in [-0.05, 0) is 18.4 Å². The zero-order valence-corrected chi connectivity index (χ0v) is 10.2. The molecular weight excluding hydrogens is 228 g/mol. The molecule has 0 heterocycles. The Balaban J connectivity index is 0. The second-order valence-electron chi connectivity index (χ2n) is 2.41. The lowest BCUT2D eigenvalue weighted by molar-refractivity contribution is -0.120. The fourth-order valence-electron chi connectivity index (χ4n) is 0.819. The summed E-state index contributed by atoms with van der Waals surface area (Å²) in [6, 6.07) is -0.190. The highest BCUT2D eigenvalue weighted by Gasteiger charge is 2.12. The summed E-state index contributed by atoms with van der Waals surface area (Å²) in [6.45, 7) is 0.727. The molecule has 0 aromatic carbocycles. The summed E-state index contributed by atoms with van der Waals surface area (Å²) in [7, 11) is 0. The molecule has 0 bridgehead atoms. The Morgan fingerprint density at radius 2 is 2.31 bits per heavy atom. The molecule has 0 aliphatic rings. The van der Waals surface area contributed by atoms with Crippen molar-refractivity contribution in [3.63, 3.8) is 0 Å². The van der Waals surface area contributed by atoms with Crippen molar-refractivity contribution in [2.75, 3.05) is 24.3 Å². The summed E-state index contributed by atoms with van der Waals surface area (Å²) < 4.78 is 0. The molecule has 1 amide bonds. The molecule has 0 aliphatic carbocycles. The summed E-state index contributed by atoms with van der Waals surface area (Å²) in [5, 5.41) is 3.04. The van der Waals surface area contributed by atoms with Crippen molar-refractivity contribution in [1.29, 1.82) is 0 Å². The largest absolute Gasteiger partial charge is 0.368 e. The van der Waals surface area contributed by atoms with Gasteiger partial charge in [-0.2, -0.15) is 24.4 Å². The number of primary amides is 1. The van der Waals surface area contributed by atoms with Crippen molar-refractivity contribution < 1.29 is 4.79 Å². The molecule has 1 atom stereocenters. The van der Waals surface area contributed by atoms with Gasteiger partial charge in [-0.3, -0.25) is 4.79 Å². The summed E-state index contributed by atoms with van der Waals surface area (Å²) >= 11 is 5.75. The first-order valence-corrected chi connectivity index (χ1v) is 5.87. The maximum Gasteiger partial charge on any atom is 0.234 e. The van der Waals surface area contributed by atoms with Crippen molar-refractivity contribution in [3.8, 4) is 0 Å². The van der Waals surface area contributed by atoms with Gasteiger partial charge in [0.15, 0.2) is 0 Å². The molecule has 0 rings (SSSR count). The SMILES string of the molecule is CSCCC(NCCS)C(N)=O.Cl. The molecule has 80 valence electrons. The Kier molecular flexibility index (Phi) is 12.8. The molecule has 0 spiro atoms. The van der Waals surface area contributed by atoms with Crippen LogP contribution in [0.15, 0.2) is 0 Å². The molecule has 0 saturated heterocycles. The third-order valence-electron chi connectivity index (χ3n) is 1.46. The third-order valence-corrected chi connectivity index (χ3v) is 2.32. The van der Waals surface area contributed by atoms with Crippen molar-refractivity contribution in [2.24, 2.45) is 5.73 Å². The third kappa shape index (κ3) is 8.74. The highest BCUT2D eigenvalue weighted by atomic mass is 35.5. The van der Waals surface area contributed by atoms with Gasteiger partial charge in [0.25, 0.3) is 0 Å².